The third-order valence-electron chi connectivity index (χ3n) is 2.89. The van der Waals surface area contributed by atoms with Gasteiger partial charge in [0.25, 0.3) is 0 Å². The van der Waals surface area contributed by atoms with Gasteiger partial charge in [0.15, 0.2) is 11.5 Å². The minimum absolute atomic E-state index is 0.127. The molecule has 3 aromatic rings. The first-order valence-electron chi connectivity index (χ1n) is 5.72. The molecular weight excluding hydrogens is 244 g/mol. The molecule has 4 nitrogen and oxygen atoms in total. The van der Waals surface area contributed by atoms with Gasteiger partial charge in [-0.3, -0.25) is 0 Å². The maximum Gasteiger partial charge on any atom is 0.364 e. The molecular formula is C15H11O4+. The molecule has 0 aliphatic rings. The molecule has 0 bridgehead atoms. The monoisotopic (exact) mass is 255 g/mol. The standard InChI is InChI=1S/C15H10O4/c16-11-4-1-9-3-6-14(19-15(9)8-11)10-2-5-12(17)13(18)7-10/h1-8H,(H2-,16,17,18)/p+1. The van der Waals surface area contributed by atoms with E-state index in [0.29, 0.717) is 16.9 Å². The summed E-state index contributed by atoms with van der Waals surface area (Å²) >= 11 is 0. The Morgan fingerprint density at radius 3 is 2.32 bits per heavy atom. The molecule has 19 heavy (non-hydrogen) atoms. The lowest BCUT2D eigenvalue weighted by molar-refractivity contribution is 0.404. The van der Waals surface area contributed by atoms with Crippen molar-refractivity contribution in [1.29, 1.82) is 0 Å². The first-order valence-corrected chi connectivity index (χ1v) is 5.72. The molecule has 0 fully saturated rings. The maximum absolute atomic E-state index is 9.49. The van der Waals surface area contributed by atoms with Crippen LogP contribution in [0.5, 0.6) is 17.2 Å². The summed E-state index contributed by atoms with van der Waals surface area (Å²) in [4.78, 5) is 0. The summed E-state index contributed by atoms with van der Waals surface area (Å²) in [7, 11) is 0. The summed E-state index contributed by atoms with van der Waals surface area (Å²) in [6.07, 6.45) is 0. The van der Waals surface area contributed by atoms with Crippen LogP contribution in [0, 0.1) is 0 Å². The van der Waals surface area contributed by atoms with E-state index in [1.807, 2.05) is 6.07 Å². The lowest BCUT2D eigenvalue weighted by atomic mass is 10.1. The normalized spacial score (nSPS) is 10.7. The Balaban J connectivity index is 2.16. The van der Waals surface area contributed by atoms with Crippen LogP contribution in [0.2, 0.25) is 0 Å². The van der Waals surface area contributed by atoms with Crippen LogP contribution in [0.1, 0.15) is 0 Å². The van der Waals surface area contributed by atoms with E-state index in [9.17, 15) is 15.3 Å². The predicted octanol–water partition coefficient (Wildman–Crippen LogP) is 3.50. The van der Waals surface area contributed by atoms with Gasteiger partial charge in [-0.1, -0.05) is 0 Å². The molecule has 0 aliphatic carbocycles. The Morgan fingerprint density at radius 2 is 1.53 bits per heavy atom. The Bertz CT molecular complexity index is 765. The number of hydrogen-bond acceptors (Lipinski definition) is 3. The Kier molecular flexibility index (Phi) is 2.49. The minimum Gasteiger partial charge on any atom is -0.508 e. The number of hydrogen-bond donors (Lipinski definition) is 3. The number of rotatable bonds is 1. The molecule has 0 aliphatic heterocycles. The molecule has 2 aromatic carbocycles. The van der Waals surface area contributed by atoms with Crippen molar-refractivity contribution in [1.82, 2.24) is 0 Å². The summed E-state index contributed by atoms with van der Waals surface area (Å²) in [6.45, 7) is 0. The molecule has 0 saturated heterocycles. The second-order valence-electron chi connectivity index (χ2n) is 4.23. The number of phenolic OH excluding ortho intramolecular Hbond substituents is 3. The van der Waals surface area contributed by atoms with E-state index in [1.54, 1.807) is 24.3 Å². The van der Waals surface area contributed by atoms with Crippen molar-refractivity contribution in [2.75, 3.05) is 0 Å². The number of fused-ring (bicyclic) bond motifs is 1. The smallest absolute Gasteiger partial charge is 0.364 e. The van der Waals surface area contributed by atoms with Crippen LogP contribution in [-0.4, -0.2) is 15.3 Å². The highest BCUT2D eigenvalue weighted by atomic mass is 16.3. The van der Waals surface area contributed by atoms with Crippen molar-refractivity contribution < 1.29 is 19.7 Å². The van der Waals surface area contributed by atoms with E-state index in [4.69, 9.17) is 4.42 Å². The van der Waals surface area contributed by atoms with Crippen molar-refractivity contribution in [3.63, 3.8) is 0 Å². The summed E-state index contributed by atoms with van der Waals surface area (Å²) in [6, 6.07) is 13.0. The highest BCUT2D eigenvalue weighted by Crippen LogP contribution is 2.32. The third-order valence-corrected chi connectivity index (χ3v) is 2.89. The average molecular weight is 255 g/mol. The zero-order valence-corrected chi connectivity index (χ0v) is 9.87. The topological polar surface area (TPSA) is 72.0 Å². The van der Waals surface area contributed by atoms with Crippen LogP contribution in [0.25, 0.3) is 22.3 Å². The Morgan fingerprint density at radius 1 is 0.737 bits per heavy atom. The molecule has 3 rings (SSSR count). The second kappa shape index (κ2) is 4.17. The highest BCUT2D eigenvalue weighted by Gasteiger charge is 2.16. The van der Waals surface area contributed by atoms with Gasteiger partial charge < -0.3 is 15.3 Å². The molecule has 0 saturated carbocycles. The van der Waals surface area contributed by atoms with Gasteiger partial charge in [-0.15, -0.1) is 0 Å². The zero-order chi connectivity index (χ0) is 13.4. The fraction of sp³-hybridized carbons (Fsp3) is 0. The SMILES string of the molecule is Oc1ccc2ccc(-c3ccc(O)c(O)c3)[o+]c2c1. The summed E-state index contributed by atoms with van der Waals surface area (Å²) in [5, 5.41) is 29.1. The van der Waals surface area contributed by atoms with Crippen LogP contribution in [0.3, 0.4) is 0 Å². The summed E-state index contributed by atoms with van der Waals surface area (Å²) < 4.78 is 5.67. The van der Waals surface area contributed by atoms with E-state index in [0.717, 1.165) is 5.39 Å². The molecule has 0 unspecified atom stereocenters. The van der Waals surface area contributed by atoms with Crippen LogP contribution in [0.4, 0.5) is 0 Å². The minimum atomic E-state index is -0.205. The largest absolute Gasteiger partial charge is 0.508 e. The molecule has 0 radical (unpaired) electrons. The quantitative estimate of drug-likeness (QED) is 0.459. The van der Waals surface area contributed by atoms with Crippen molar-refractivity contribution >= 4 is 11.0 Å². The van der Waals surface area contributed by atoms with Crippen LogP contribution < -0.4 is 0 Å². The number of aromatic hydroxyl groups is 3. The van der Waals surface area contributed by atoms with Crippen molar-refractivity contribution in [3.05, 3.63) is 48.5 Å². The van der Waals surface area contributed by atoms with Crippen molar-refractivity contribution in [2.24, 2.45) is 0 Å². The summed E-state index contributed by atoms with van der Waals surface area (Å²) in [5.74, 6) is 0.279. The van der Waals surface area contributed by atoms with Crippen LogP contribution in [0.15, 0.2) is 52.9 Å². The zero-order valence-electron chi connectivity index (χ0n) is 9.87. The van der Waals surface area contributed by atoms with E-state index < -0.39 is 0 Å². The van der Waals surface area contributed by atoms with Gasteiger partial charge >= 0.3 is 11.3 Å². The van der Waals surface area contributed by atoms with Gasteiger partial charge in [0.2, 0.25) is 0 Å². The number of benzene rings is 2. The number of phenols is 3. The van der Waals surface area contributed by atoms with E-state index in [1.165, 1.54) is 18.2 Å². The van der Waals surface area contributed by atoms with Gasteiger partial charge in [0.1, 0.15) is 5.75 Å². The third kappa shape index (κ3) is 2.04. The van der Waals surface area contributed by atoms with E-state index >= 15 is 0 Å². The van der Waals surface area contributed by atoms with Crippen LogP contribution in [-0.2, 0) is 0 Å². The van der Waals surface area contributed by atoms with Crippen molar-refractivity contribution in [2.45, 2.75) is 0 Å². The fourth-order valence-corrected chi connectivity index (χ4v) is 1.90. The molecule has 0 amide bonds. The predicted molar refractivity (Wildman–Crippen MR) is 71.1 cm³/mol. The Labute approximate surface area is 108 Å². The molecule has 0 spiro atoms. The molecule has 0 atom stereocenters. The molecule has 4 heteroatoms. The summed E-state index contributed by atoms with van der Waals surface area (Å²) in [5.41, 5.74) is 1.19. The molecule has 3 N–H and O–H groups in total. The van der Waals surface area contributed by atoms with Crippen molar-refractivity contribution in [3.8, 4) is 28.6 Å². The van der Waals surface area contributed by atoms with Gasteiger partial charge in [0, 0.05) is 12.1 Å². The molecule has 1 heterocycles. The van der Waals surface area contributed by atoms with Gasteiger partial charge in [-0.2, -0.15) is 0 Å². The van der Waals surface area contributed by atoms with E-state index in [2.05, 4.69) is 0 Å². The lowest BCUT2D eigenvalue weighted by Crippen LogP contribution is -1.80. The lowest BCUT2D eigenvalue weighted by Gasteiger charge is -1.98. The van der Waals surface area contributed by atoms with E-state index in [-0.39, 0.29) is 17.2 Å². The van der Waals surface area contributed by atoms with Gasteiger partial charge in [-0.25, -0.2) is 4.42 Å². The van der Waals surface area contributed by atoms with Crippen LogP contribution >= 0.6 is 0 Å². The molecule has 94 valence electrons. The first-order chi connectivity index (χ1) is 9.13. The van der Waals surface area contributed by atoms with Gasteiger partial charge in [0.05, 0.1) is 17.0 Å². The first kappa shape index (κ1) is 11.3. The average Bonchev–Trinajstić information content (AvgIpc) is 2.41. The molecule has 1 aromatic heterocycles. The van der Waals surface area contributed by atoms with Gasteiger partial charge in [-0.05, 0) is 30.3 Å². The highest BCUT2D eigenvalue weighted by molar-refractivity contribution is 5.80. The second-order valence-corrected chi connectivity index (χ2v) is 4.23. The fourth-order valence-electron chi connectivity index (χ4n) is 1.90. The maximum atomic E-state index is 9.49. The Hall–Kier alpha value is -2.75.